The molecule has 3 rings (SSSR count). The third kappa shape index (κ3) is 2.85. The maximum Gasteiger partial charge on any atom is 0.240 e. The van der Waals surface area contributed by atoms with Gasteiger partial charge in [-0.2, -0.15) is 4.98 Å². The molecule has 0 fully saturated rings. The fourth-order valence-electron chi connectivity index (χ4n) is 2.12. The van der Waals surface area contributed by atoms with Crippen molar-refractivity contribution in [1.82, 2.24) is 9.97 Å². The summed E-state index contributed by atoms with van der Waals surface area (Å²) in [6, 6.07) is 8.16. The fourth-order valence-corrected chi connectivity index (χ4v) is 3.29. The van der Waals surface area contributed by atoms with Crippen molar-refractivity contribution in [3.8, 4) is 0 Å². The van der Waals surface area contributed by atoms with Crippen LogP contribution in [0, 0.1) is 0 Å². The summed E-state index contributed by atoms with van der Waals surface area (Å²) in [6.07, 6.45) is 0.932. The van der Waals surface area contributed by atoms with E-state index in [1.165, 1.54) is 5.56 Å². The summed E-state index contributed by atoms with van der Waals surface area (Å²) in [5, 5.41) is 6.38. The molecule has 0 unspecified atom stereocenters. The molecule has 108 valence electrons. The zero-order chi connectivity index (χ0) is 14.8. The molecule has 4 N–H and O–H groups in total. The molecule has 0 amide bonds. The van der Waals surface area contributed by atoms with Gasteiger partial charge in [0, 0.05) is 10.2 Å². The van der Waals surface area contributed by atoms with Gasteiger partial charge < -0.3 is 5.32 Å². The van der Waals surface area contributed by atoms with Gasteiger partial charge in [-0.05, 0) is 41.6 Å². The van der Waals surface area contributed by atoms with Gasteiger partial charge in [0.05, 0.1) is 5.39 Å². The number of hydrazine groups is 1. The van der Waals surface area contributed by atoms with Gasteiger partial charge in [-0.3, -0.25) is 5.43 Å². The Bertz CT molecular complexity index is 786. The molecule has 3 aromatic rings. The van der Waals surface area contributed by atoms with Gasteiger partial charge in [0.2, 0.25) is 5.95 Å². The molecule has 2 heterocycles. The van der Waals surface area contributed by atoms with Gasteiger partial charge in [0.1, 0.15) is 10.6 Å². The molecular weight excluding hydrogens is 350 g/mol. The zero-order valence-electron chi connectivity index (χ0n) is 11.4. The largest absolute Gasteiger partial charge is 0.339 e. The molecular formula is C14H14BrN5S. The highest BCUT2D eigenvalue weighted by Gasteiger charge is 2.10. The average Bonchev–Trinajstić information content (AvgIpc) is 2.97. The molecule has 0 spiro atoms. The van der Waals surface area contributed by atoms with Crippen LogP contribution in [0.2, 0.25) is 0 Å². The van der Waals surface area contributed by atoms with Crippen LogP contribution < -0.4 is 16.6 Å². The highest BCUT2D eigenvalue weighted by atomic mass is 79.9. The Labute approximate surface area is 134 Å². The highest BCUT2D eigenvalue weighted by molar-refractivity contribution is 9.10. The highest BCUT2D eigenvalue weighted by Crippen LogP contribution is 2.30. The second-order valence-electron chi connectivity index (χ2n) is 4.46. The van der Waals surface area contributed by atoms with E-state index in [9.17, 15) is 0 Å². The molecule has 2 aromatic heterocycles. The zero-order valence-corrected chi connectivity index (χ0v) is 13.8. The van der Waals surface area contributed by atoms with Crippen molar-refractivity contribution in [3.63, 3.8) is 0 Å². The van der Waals surface area contributed by atoms with Crippen molar-refractivity contribution in [1.29, 1.82) is 0 Å². The Morgan fingerprint density at radius 2 is 2.14 bits per heavy atom. The van der Waals surface area contributed by atoms with Crippen molar-refractivity contribution < 1.29 is 0 Å². The first-order chi connectivity index (χ1) is 10.2. The third-order valence-corrected chi connectivity index (χ3v) is 4.46. The second-order valence-corrected chi connectivity index (χ2v) is 6.27. The summed E-state index contributed by atoms with van der Waals surface area (Å²) in [4.78, 5) is 9.66. The number of aromatic nitrogens is 2. The topological polar surface area (TPSA) is 75.9 Å². The Morgan fingerprint density at radius 1 is 1.29 bits per heavy atom. The standard InChI is InChI=1S/C14H14BrN5S/c1-2-8-7-9(15)3-4-11(8)17-12-10-5-6-21-13(10)19-14(18-12)20-16/h3-7H,2,16H2,1H3,(H2,17,18,19,20). The lowest BCUT2D eigenvalue weighted by molar-refractivity contribution is 1.13. The summed E-state index contributed by atoms with van der Waals surface area (Å²) < 4.78 is 1.07. The van der Waals surface area contributed by atoms with E-state index in [-0.39, 0.29) is 0 Å². The van der Waals surface area contributed by atoms with E-state index in [2.05, 4.69) is 49.6 Å². The minimum absolute atomic E-state index is 0.405. The molecule has 0 radical (unpaired) electrons. The van der Waals surface area contributed by atoms with Crippen molar-refractivity contribution in [2.45, 2.75) is 13.3 Å². The number of thiophene rings is 1. The summed E-state index contributed by atoms with van der Waals surface area (Å²) in [7, 11) is 0. The van der Waals surface area contributed by atoms with Crippen LogP contribution in [0.3, 0.4) is 0 Å². The fraction of sp³-hybridized carbons (Fsp3) is 0.143. The van der Waals surface area contributed by atoms with Gasteiger partial charge in [-0.1, -0.05) is 22.9 Å². The molecule has 0 saturated heterocycles. The van der Waals surface area contributed by atoms with Crippen molar-refractivity contribution in [3.05, 3.63) is 39.7 Å². The lowest BCUT2D eigenvalue weighted by Crippen LogP contribution is -2.11. The van der Waals surface area contributed by atoms with Crippen LogP contribution in [0.4, 0.5) is 17.5 Å². The maximum atomic E-state index is 5.44. The van der Waals surface area contributed by atoms with Crippen molar-refractivity contribution in [2.24, 2.45) is 5.84 Å². The van der Waals surface area contributed by atoms with E-state index in [1.54, 1.807) is 11.3 Å². The normalized spacial score (nSPS) is 10.8. The van der Waals surface area contributed by atoms with E-state index >= 15 is 0 Å². The van der Waals surface area contributed by atoms with Gasteiger partial charge in [-0.15, -0.1) is 11.3 Å². The number of nitrogens with two attached hydrogens (primary N) is 1. The predicted molar refractivity (Wildman–Crippen MR) is 92.0 cm³/mol. The number of benzene rings is 1. The Hall–Kier alpha value is -1.70. The third-order valence-electron chi connectivity index (χ3n) is 3.16. The Balaban J connectivity index is 2.07. The summed E-state index contributed by atoms with van der Waals surface area (Å²) in [6.45, 7) is 2.12. The number of halogens is 1. The van der Waals surface area contributed by atoms with E-state index in [0.29, 0.717) is 5.95 Å². The second kappa shape index (κ2) is 5.97. The van der Waals surface area contributed by atoms with E-state index in [4.69, 9.17) is 5.84 Å². The first-order valence-electron chi connectivity index (χ1n) is 6.48. The SMILES string of the molecule is CCc1cc(Br)ccc1Nc1nc(NN)nc2sccc12. The molecule has 0 saturated carbocycles. The minimum Gasteiger partial charge on any atom is -0.339 e. The number of nitrogens with zero attached hydrogens (tertiary/aromatic N) is 2. The number of nitrogen functional groups attached to an aromatic ring is 1. The van der Waals surface area contributed by atoms with Gasteiger partial charge >= 0.3 is 0 Å². The summed E-state index contributed by atoms with van der Waals surface area (Å²) in [5.41, 5.74) is 4.76. The lowest BCUT2D eigenvalue weighted by Gasteiger charge is -2.12. The molecule has 21 heavy (non-hydrogen) atoms. The molecule has 1 aromatic carbocycles. The molecule has 0 bridgehead atoms. The summed E-state index contributed by atoms with van der Waals surface area (Å²) >= 11 is 5.06. The molecule has 0 aliphatic heterocycles. The lowest BCUT2D eigenvalue weighted by atomic mass is 10.1. The first kappa shape index (κ1) is 14.2. The smallest absolute Gasteiger partial charge is 0.240 e. The average molecular weight is 364 g/mol. The molecule has 7 heteroatoms. The van der Waals surface area contributed by atoms with Gasteiger partial charge in [-0.25, -0.2) is 10.8 Å². The van der Waals surface area contributed by atoms with E-state index in [1.807, 2.05) is 23.6 Å². The van der Waals surface area contributed by atoms with Gasteiger partial charge in [0.25, 0.3) is 0 Å². The van der Waals surface area contributed by atoms with Crippen LogP contribution >= 0.6 is 27.3 Å². The predicted octanol–water partition coefficient (Wildman–Crippen LogP) is 4.05. The Morgan fingerprint density at radius 3 is 2.90 bits per heavy atom. The number of anilines is 3. The monoisotopic (exact) mass is 363 g/mol. The van der Waals surface area contributed by atoms with E-state index < -0.39 is 0 Å². The summed E-state index contributed by atoms with van der Waals surface area (Å²) in [5.74, 6) is 6.60. The number of rotatable bonds is 4. The number of nitrogens with one attached hydrogen (secondary N) is 2. The van der Waals surface area contributed by atoms with Crippen molar-refractivity contribution >= 4 is 54.9 Å². The van der Waals surface area contributed by atoms with Crippen LogP contribution in [-0.2, 0) is 6.42 Å². The van der Waals surface area contributed by atoms with Crippen LogP contribution in [0.15, 0.2) is 34.1 Å². The number of hydrogen-bond donors (Lipinski definition) is 3. The van der Waals surface area contributed by atoms with Crippen LogP contribution in [-0.4, -0.2) is 9.97 Å². The van der Waals surface area contributed by atoms with Crippen molar-refractivity contribution in [2.75, 3.05) is 10.7 Å². The minimum atomic E-state index is 0.405. The van der Waals surface area contributed by atoms with E-state index in [0.717, 1.165) is 32.6 Å². The molecule has 5 nitrogen and oxygen atoms in total. The number of fused-ring (bicyclic) bond motifs is 1. The van der Waals surface area contributed by atoms with Crippen LogP contribution in [0.5, 0.6) is 0 Å². The first-order valence-corrected chi connectivity index (χ1v) is 8.16. The molecule has 0 aliphatic carbocycles. The van der Waals surface area contributed by atoms with Gasteiger partial charge in [0.15, 0.2) is 0 Å². The number of hydrogen-bond acceptors (Lipinski definition) is 6. The van der Waals surface area contributed by atoms with Crippen LogP contribution in [0.25, 0.3) is 10.2 Å². The molecule has 0 atom stereocenters. The maximum absolute atomic E-state index is 5.44. The quantitative estimate of drug-likeness (QED) is 0.481. The number of aryl methyl sites for hydroxylation is 1. The molecule has 0 aliphatic rings. The Kier molecular flexibility index (Phi) is 4.05. The van der Waals surface area contributed by atoms with Crippen LogP contribution in [0.1, 0.15) is 12.5 Å².